The Morgan fingerprint density at radius 2 is 2.37 bits per heavy atom. The van der Waals surface area contributed by atoms with Crippen LogP contribution >= 0.6 is 11.6 Å². The van der Waals surface area contributed by atoms with Gasteiger partial charge in [0.05, 0.1) is 11.6 Å². The number of hydrogen-bond donors (Lipinski definition) is 1. The van der Waals surface area contributed by atoms with Crippen LogP contribution in [0.4, 0.5) is 4.39 Å². The Morgan fingerprint density at radius 1 is 1.58 bits per heavy atom. The molecule has 0 saturated carbocycles. The summed E-state index contributed by atoms with van der Waals surface area (Å²) in [6.45, 7) is 3.16. The van der Waals surface area contributed by atoms with Crippen molar-refractivity contribution < 1.29 is 9.13 Å². The summed E-state index contributed by atoms with van der Waals surface area (Å²) in [6.07, 6.45) is 1.10. The summed E-state index contributed by atoms with van der Waals surface area (Å²) in [6, 6.07) is 4.99. The van der Waals surface area contributed by atoms with Gasteiger partial charge in [-0.1, -0.05) is 17.7 Å². The molecule has 0 bridgehead atoms. The summed E-state index contributed by atoms with van der Waals surface area (Å²) in [5, 5.41) is 0.151. The third-order valence-corrected chi connectivity index (χ3v) is 4.02. The average molecular weight is 287 g/mol. The second kappa shape index (κ2) is 6.66. The number of nitrogens with two attached hydrogens (primary N) is 1. The van der Waals surface area contributed by atoms with E-state index in [9.17, 15) is 4.39 Å². The lowest BCUT2D eigenvalue weighted by Crippen LogP contribution is -2.32. The Balaban J connectivity index is 2.09. The van der Waals surface area contributed by atoms with Gasteiger partial charge in [0.25, 0.3) is 0 Å². The quantitative estimate of drug-likeness (QED) is 0.904. The Kier molecular flexibility index (Phi) is 5.16. The molecule has 0 spiro atoms. The summed E-state index contributed by atoms with van der Waals surface area (Å²) < 4.78 is 18.7. The number of nitrogens with zero attached hydrogens (tertiary/aromatic N) is 1. The van der Waals surface area contributed by atoms with E-state index in [-0.39, 0.29) is 16.9 Å². The first kappa shape index (κ1) is 14.7. The van der Waals surface area contributed by atoms with Gasteiger partial charge >= 0.3 is 0 Å². The third kappa shape index (κ3) is 3.45. The molecule has 1 saturated heterocycles. The first-order valence-electron chi connectivity index (χ1n) is 6.53. The van der Waals surface area contributed by atoms with Crippen molar-refractivity contribution in [1.82, 2.24) is 4.90 Å². The van der Waals surface area contributed by atoms with Crippen LogP contribution in [0.2, 0.25) is 5.02 Å². The lowest BCUT2D eigenvalue weighted by molar-refractivity contribution is 0.147. The second-order valence-electron chi connectivity index (χ2n) is 5.03. The van der Waals surface area contributed by atoms with Crippen molar-refractivity contribution >= 4 is 11.6 Å². The van der Waals surface area contributed by atoms with Gasteiger partial charge < -0.3 is 10.5 Å². The smallest absolute Gasteiger partial charge is 0.142 e. The molecule has 1 heterocycles. The van der Waals surface area contributed by atoms with Crippen molar-refractivity contribution in [2.24, 2.45) is 11.7 Å². The highest BCUT2D eigenvalue weighted by molar-refractivity contribution is 6.30. The van der Waals surface area contributed by atoms with Crippen LogP contribution in [0, 0.1) is 11.7 Å². The van der Waals surface area contributed by atoms with Crippen molar-refractivity contribution in [3.8, 4) is 0 Å². The summed E-state index contributed by atoms with van der Waals surface area (Å²) >= 11 is 5.72. The zero-order valence-electron chi connectivity index (χ0n) is 11.1. The van der Waals surface area contributed by atoms with Crippen molar-refractivity contribution in [2.75, 3.05) is 33.4 Å². The van der Waals surface area contributed by atoms with Gasteiger partial charge in [0.1, 0.15) is 5.82 Å². The molecule has 2 N–H and O–H groups in total. The summed E-state index contributed by atoms with van der Waals surface area (Å²) in [7, 11) is 1.72. The Morgan fingerprint density at radius 3 is 3.00 bits per heavy atom. The van der Waals surface area contributed by atoms with Crippen LogP contribution in [-0.4, -0.2) is 38.3 Å². The van der Waals surface area contributed by atoms with Crippen molar-refractivity contribution in [3.05, 3.63) is 34.6 Å². The normalized spacial score (nSPS) is 21.8. The lowest BCUT2D eigenvalue weighted by atomic mass is 10.1. The molecule has 0 radical (unpaired) electrons. The molecule has 106 valence electrons. The Bertz CT molecular complexity index is 430. The van der Waals surface area contributed by atoms with E-state index in [0.29, 0.717) is 12.5 Å². The van der Waals surface area contributed by atoms with Crippen LogP contribution in [0.15, 0.2) is 18.2 Å². The van der Waals surface area contributed by atoms with E-state index in [1.54, 1.807) is 13.2 Å². The molecule has 1 aromatic rings. The number of halogens is 2. The van der Waals surface area contributed by atoms with Crippen molar-refractivity contribution in [1.29, 1.82) is 0 Å². The predicted molar refractivity (Wildman–Crippen MR) is 74.8 cm³/mol. The largest absolute Gasteiger partial charge is 0.384 e. The van der Waals surface area contributed by atoms with Gasteiger partial charge in [-0.3, -0.25) is 4.90 Å². The van der Waals surface area contributed by atoms with Crippen LogP contribution in [0.25, 0.3) is 0 Å². The molecule has 0 aromatic heterocycles. The first-order valence-corrected chi connectivity index (χ1v) is 6.91. The van der Waals surface area contributed by atoms with Crippen molar-refractivity contribution in [2.45, 2.75) is 12.5 Å². The molecule has 2 unspecified atom stereocenters. The number of hydrogen-bond acceptors (Lipinski definition) is 3. The van der Waals surface area contributed by atoms with Crippen LogP contribution in [0.3, 0.4) is 0 Å². The maximum atomic E-state index is 13.5. The van der Waals surface area contributed by atoms with Crippen LogP contribution in [-0.2, 0) is 4.74 Å². The van der Waals surface area contributed by atoms with E-state index in [1.807, 2.05) is 6.07 Å². The predicted octanol–water partition coefficient (Wildman–Crippen LogP) is 2.45. The fourth-order valence-electron chi connectivity index (χ4n) is 2.73. The minimum absolute atomic E-state index is 0.0497. The summed E-state index contributed by atoms with van der Waals surface area (Å²) in [4.78, 5) is 2.30. The molecule has 2 atom stereocenters. The van der Waals surface area contributed by atoms with Gasteiger partial charge in [-0.25, -0.2) is 4.39 Å². The number of likely N-dealkylation sites (tertiary alicyclic amines) is 1. The van der Waals surface area contributed by atoms with Crippen LogP contribution in [0.5, 0.6) is 0 Å². The summed E-state index contributed by atoms with van der Waals surface area (Å²) in [5.41, 5.74) is 6.75. The minimum atomic E-state index is -0.384. The number of ether oxygens (including phenoxy) is 1. The van der Waals surface area contributed by atoms with E-state index < -0.39 is 0 Å². The molecule has 19 heavy (non-hydrogen) atoms. The zero-order valence-corrected chi connectivity index (χ0v) is 11.9. The maximum absolute atomic E-state index is 13.5. The highest BCUT2D eigenvalue weighted by Gasteiger charge is 2.28. The van der Waals surface area contributed by atoms with E-state index >= 15 is 0 Å². The molecule has 1 aromatic carbocycles. The van der Waals surface area contributed by atoms with E-state index in [0.717, 1.165) is 31.7 Å². The van der Waals surface area contributed by atoms with Gasteiger partial charge in [-0.2, -0.15) is 0 Å². The number of rotatable bonds is 5. The van der Waals surface area contributed by atoms with Crippen LogP contribution in [0.1, 0.15) is 18.0 Å². The standard InChI is InChI=1S/C14H20ClFN2O/c1-19-9-10-4-5-18(8-10)14(7-17)11-2-3-12(15)13(16)6-11/h2-3,6,10,14H,4-5,7-9,17H2,1H3. The Labute approximate surface area is 118 Å². The fourth-order valence-corrected chi connectivity index (χ4v) is 2.85. The molecule has 1 aliphatic heterocycles. The molecule has 0 amide bonds. The molecular formula is C14H20ClFN2O. The summed E-state index contributed by atoms with van der Waals surface area (Å²) in [5.74, 6) is 0.154. The molecule has 1 aliphatic rings. The average Bonchev–Trinajstić information content (AvgIpc) is 2.83. The molecule has 3 nitrogen and oxygen atoms in total. The van der Waals surface area contributed by atoms with Gasteiger partial charge in [0, 0.05) is 26.2 Å². The van der Waals surface area contributed by atoms with E-state index in [1.165, 1.54) is 6.07 Å². The van der Waals surface area contributed by atoms with Crippen molar-refractivity contribution in [3.63, 3.8) is 0 Å². The molecular weight excluding hydrogens is 267 g/mol. The SMILES string of the molecule is COCC1CCN(C(CN)c2ccc(Cl)c(F)c2)C1. The van der Waals surface area contributed by atoms with Gasteiger partial charge in [0.15, 0.2) is 0 Å². The lowest BCUT2D eigenvalue weighted by Gasteiger charge is -2.27. The number of benzene rings is 1. The zero-order chi connectivity index (χ0) is 13.8. The number of methoxy groups -OCH3 is 1. The Hall–Kier alpha value is -0.680. The minimum Gasteiger partial charge on any atom is -0.384 e. The highest BCUT2D eigenvalue weighted by atomic mass is 35.5. The van der Waals surface area contributed by atoms with Gasteiger partial charge in [0.2, 0.25) is 0 Å². The van der Waals surface area contributed by atoms with E-state index in [4.69, 9.17) is 22.1 Å². The first-order chi connectivity index (χ1) is 9.15. The van der Waals surface area contributed by atoms with Gasteiger partial charge in [-0.15, -0.1) is 0 Å². The molecule has 0 aliphatic carbocycles. The fraction of sp³-hybridized carbons (Fsp3) is 0.571. The highest BCUT2D eigenvalue weighted by Crippen LogP contribution is 2.29. The second-order valence-corrected chi connectivity index (χ2v) is 5.44. The van der Waals surface area contributed by atoms with Gasteiger partial charge in [-0.05, 0) is 36.6 Å². The third-order valence-electron chi connectivity index (χ3n) is 3.71. The molecule has 5 heteroatoms. The van der Waals surface area contributed by atoms with Crippen LogP contribution < -0.4 is 5.73 Å². The maximum Gasteiger partial charge on any atom is 0.142 e. The molecule has 1 fully saturated rings. The topological polar surface area (TPSA) is 38.5 Å². The molecule has 2 rings (SSSR count). The monoisotopic (exact) mass is 286 g/mol. The van der Waals surface area contributed by atoms with E-state index in [2.05, 4.69) is 4.90 Å².